The van der Waals surface area contributed by atoms with Gasteiger partial charge in [-0.15, -0.1) is 0 Å². The fourth-order valence-corrected chi connectivity index (χ4v) is 11.1. The largest absolute Gasteiger partial charge is 0.544 e. The van der Waals surface area contributed by atoms with Gasteiger partial charge in [0.05, 0.1) is 25.9 Å². The van der Waals surface area contributed by atoms with Crippen molar-refractivity contribution in [2.24, 2.45) is 11.8 Å². The molecule has 10 nitrogen and oxygen atoms in total. The Labute approximate surface area is 452 Å². The molecule has 400 valence electrons. The first kappa shape index (κ1) is 56.0. The van der Waals surface area contributed by atoms with Crippen molar-refractivity contribution in [2.75, 3.05) is 20.5 Å². The van der Waals surface area contributed by atoms with Crippen molar-refractivity contribution in [1.29, 1.82) is 0 Å². The number of benzene rings is 5. The van der Waals surface area contributed by atoms with Gasteiger partial charge in [0.15, 0.2) is 13.1 Å². The van der Waals surface area contributed by atoms with E-state index in [2.05, 4.69) is 95.1 Å². The summed E-state index contributed by atoms with van der Waals surface area (Å²) in [4.78, 5) is 12.8. The second-order valence-corrected chi connectivity index (χ2v) is 26.3. The van der Waals surface area contributed by atoms with Crippen LogP contribution in [0.5, 0.6) is 17.2 Å². The summed E-state index contributed by atoms with van der Waals surface area (Å²) in [5.74, 6) is 8.37. The van der Waals surface area contributed by atoms with Crippen LogP contribution in [-0.4, -0.2) is 69.9 Å². The minimum atomic E-state index is -2.12. The van der Waals surface area contributed by atoms with Crippen molar-refractivity contribution >= 4 is 14.3 Å². The van der Waals surface area contributed by atoms with E-state index in [0.717, 1.165) is 71.6 Å². The number of cyclic esters (lactones) is 1. The number of carbonyl (C=O) groups is 1. The number of hydrogen-bond acceptors (Lipinski definition) is 10. The van der Waals surface area contributed by atoms with Gasteiger partial charge in [0.2, 0.25) is 8.32 Å². The SMILES string of the molecule is CC[C@H]1C=CC(=O)O[C@H]1C=C[C@@]1(CCOC(c2ccccc2)(c2ccccc2)c2ccccc2)O[C@H](c2ccc(O[Si](C)(C)C(C)(C)C)cc2)O[C@@H]1C[C@@H](O)C#C/C=C\[C@@H]1CCC[C@H](OCOc2ccc(OC)cc2)C1. The Morgan fingerprint density at radius 1 is 0.816 bits per heavy atom. The van der Waals surface area contributed by atoms with Crippen LogP contribution in [0.2, 0.25) is 18.1 Å². The van der Waals surface area contributed by atoms with Crippen molar-refractivity contribution in [3.8, 4) is 29.1 Å². The van der Waals surface area contributed by atoms with Gasteiger partial charge in [-0.05, 0) is 115 Å². The van der Waals surface area contributed by atoms with Gasteiger partial charge in [-0.2, -0.15) is 0 Å². The van der Waals surface area contributed by atoms with Crippen molar-refractivity contribution in [3.63, 3.8) is 0 Å². The molecule has 5 aromatic rings. The van der Waals surface area contributed by atoms with Crippen LogP contribution in [0.1, 0.15) is 101 Å². The third-order valence-corrected chi connectivity index (χ3v) is 19.8. The Kier molecular flexibility index (Phi) is 19.0. The lowest BCUT2D eigenvalue weighted by atomic mass is 9.80. The van der Waals surface area contributed by atoms with Crippen LogP contribution in [0, 0.1) is 23.7 Å². The van der Waals surface area contributed by atoms with Gasteiger partial charge in [-0.1, -0.05) is 167 Å². The molecule has 5 aromatic carbocycles. The molecule has 0 spiro atoms. The van der Waals surface area contributed by atoms with Crippen molar-refractivity contribution in [2.45, 2.75) is 133 Å². The Bertz CT molecular complexity index is 2660. The summed E-state index contributed by atoms with van der Waals surface area (Å²) in [7, 11) is -0.484. The number of ether oxygens (including phenoxy) is 7. The standard InChI is InChI=1S/C65H76O10Si/c1-8-49-33-40-61(67)72-59(49)41-42-64(43-44-71-65(51-23-12-9-13-24-51,52-25-14-10-15-26-52)53-27-16-11-17-28-53)60(73-62(74-64)50-31-34-57(35-32-50)75-76(6,7)63(2,3)4)46-54(66)29-19-18-21-48-22-20-30-58(45-48)70-47-69-56-38-36-55(68-5)37-39-56/h9-18,21,23-28,31-42,48-49,54,58-60,62,66H,8,20,22,30,43-47H2,1-7H3/b21-18-,42-41?/t48-,49+,54+,58+,59+,60-,62-,64+/m1/s1. The average molecular weight is 1050 g/mol. The summed E-state index contributed by atoms with van der Waals surface area (Å²) >= 11 is 0. The third kappa shape index (κ3) is 14.0. The van der Waals surface area contributed by atoms with E-state index in [9.17, 15) is 9.90 Å². The van der Waals surface area contributed by atoms with Gasteiger partial charge < -0.3 is 42.7 Å². The second kappa shape index (κ2) is 25.7. The highest BCUT2D eigenvalue weighted by atomic mass is 28.4. The Morgan fingerprint density at radius 3 is 2.04 bits per heavy atom. The number of methoxy groups -OCH3 is 1. The molecule has 2 heterocycles. The first-order valence-electron chi connectivity index (χ1n) is 27.0. The first-order valence-corrected chi connectivity index (χ1v) is 29.9. The molecule has 0 aromatic heterocycles. The highest BCUT2D eigenvalue weighted by Crippen LogP contribution is 2.47. The summed E-state index contributed by atoms with van der Waals surface area (Å²) < 4.78 is 51.5. The topological polar surface area (TPSA) is 111 Å². The van der Waals surface area contributed by atoms with Crippen molar-refractivity contribution in [1.82, 2.24) is 0 Å². The third-order valence-electron chi connectivity index (χ3n) is 15.4. The Balaban J connectivity index is 1.08. The first-order chi connectivity index (χ1) is 36.7. The van der Waals surface area contributed by atoms with Crippen LogP contribution < -0.4 is 13.9 Å². The van der Waals surface area contributed by atoms with Gasteiger partial charge >= 0.3 is 5.97 Å². The van der Waals surface area contributed by atoms with Gasteiger partial charge in [0.25, 0.3) is 0 Å². The zero-order chi connectivity index (χ0) is 53.6. The number of hydrogen-bond donors (Lipinski definition) is 1. The van der Waals surface area contributed by atoms with E-state index in [4.69, 9.17) is 37.6 Å². The van der Waals surface area contributed by atoms with E-state index < -0.39 is 50.1 Å². The molecule has 0 radical (unpaired) electrons. The molecule has 8 rings (SSSR count). The number of allylic oxidation sites excluding steroid dienone is 2. The Hall–Kier alpha value is -6.23. The summed E-state index contributed by atoms with van der Waals surface area (Å²) in [6.45, 7) is 13.6. The molecule has 3 aliphatic rings. The molecule has 8 atom stereocenters. The number of rotatable bonds is 21. The van der Waals surface area contributed by atoms with E-state index in [0.29, 0.717) is 6.42 Å². The van der Waals surface area contributed by atoms with E-state index in [1.165, 1.54) is 6.08 Å². The molecular weight excluding hydrogens is 969 g/mol. The summed E-state index contributed by atoms with van der Waals surface area (Å²) in [6.07, 6.45) is 13.2. The molecule has 2 fully saturated rings. The van der Waals surface area contributed by atoms with Crippen molar-refractivity contribution < 1.29 is 47.5 Å². The Morgan fingerprint density at radius 2 is 1.43 bits per heavy atom. The zero-order valence-corrected chi connectivity index (χ0v) is 46.3. The van der Waals surface area contributed by atoms with E-state index in [1.807, 2.05) is 127 Å². The molecule has 0 unspecified atom stereocenters. The monoisotopic (exact) mass is 1040 g/mol. The smallest absolute Gasteiger partial charge is 0.331 e. The van der Waals surface area contributed by atoms with Crippen LogP contribution in [-0.2, 0) is 34.1 Å². The van der Waals surface area contributed by atoms with Crippen LogP contribution in [0.25, 0.3) is 0 Å². The van der Waals surface area contributed by atoms with Crippen LogP contribution in [0.15, 0.2) is 176 Å². The average Bonchev–Trinajstić information content (AvgIpc) is 3.84. The van der Waals surface area contributed by atoms with Crippen molar-refractivity contribution in [3.05, 3.63) is 198 Å². The maximum atomic E-state index is 12.8. The number of aliphatic hydroxyl groups excluding tert-OH is 1. The summed E-state index contributed by atoms with van der Waals surface area (Å²) in [5, 5.41) is 11.9. The lowest BCUT2D eigenvalue weighted by Crippen LogP contribution is -2.43. The second-order valence-electron chi connectivity index (χ2n) is 21.6. The zero-order valence-electron chi connectivity index (χ0n) is 45.3. The predicted octanol–water partition coefficient (Wildman–Crippen LogP) is 13.6. The fraction of sp³-hybridized carbons (Fsp3) is 0.400. The number of esters is 1. The van der Waals surface area contributed by atoms with Crippen LogP contribution >= 0.6 is 0 Å². The lowest BCUT2D eigenvalue weighted by molar-refractivity contribution is -0.143. The molecule has 0 amide bonds. The highest BCUT2D eigenvalue weighted by Gasteiger charge is 2.50. The molecule has 1 saturated heterocycles. The number of carbonyl (C=O) groups excluding carboxylic acids is 1. The van der Waals surface area contributed by atoms with Gasteiger partial charge in [-0.3, -0.25) is 0 Å². The maximum absolute atomic E-state index is 12.8. The van der Waals surface area contributed by atoms with E-state index in [-0.39, 0.29) is 42.8 Å². The molecule has 2 aliphatic heterocycles. The minimum absolute atomic E-state index is 0.0192. The van der Waals surface area contributed by atoms with Gasteiger partial charge in [0.1, 0.15) is 40.7 Å². The number of aliphatic hydroxyl groups is 1. The highest BCUT2D eigenvalue weighted by molar-refractivity contribution is 6.74. The van der Waals surface area contributed by atoms with E-state index in [1.54, 1.807) is 7.11 Å². The normalized spacial score (nSPS) is 23.4. The molecule has 1 aliphatic carbocycles. The molecule has 1 N–H and O–H groups in total. The van der Waals surface area contributed by atoms with Gasteiger partial charge in [0, 0.05) is 30.4 Å². The minimum Gasteiger partial charge on any atom is -0.544 e. The van der Waals surface area contributed by atoms with Crippen LogP contribution in [0.3, 0.4) is 0 Å². The quantitative estimate of drug-likeness (QED) is 0.0190. The molecule has 11 heteroatoms. The molecule has 1 saturated carbocycles. The molecule has 76 heavy (non-hydrogen) atoms. The van der Waals surface area contributed by atoms with Gasteiger partial charge in [-0.25, -0.2) is 4.79 Å². The lowest BCUT2D eigenvalue weighted by Gasteiger charge is -2.38. The summed E-state index contributed by atoms with van der Waals surface area (Å²) in [6, 6.07) is 46.2. The maximum Gasteiger partial charge on any atom is 0.331 e. The molecule has 0 bridgehead atoms. The fourth-order valence-electron chi connectivity index (χ4n) is 10.0. The predicted molar refractivity (Wildman–Crippen MR) is 300 cm³/mol. The van der Waals surface area contributed by atoms with Crippen LogP contribution in [0.4, 0.5) is 0 Å². The van der Waals surface area contributed by atoms with E-state index >= 15 is 0 Å². The molecular formula is C65H76O10Si. The summed E-state index contributed by atoms with van der Waals surface area (Å²) in [5.41, 5.74) is 1.49.